The van der Waals surface area contributed by atoms with Crippen LogP contribution in [-0.4, -0.2) is 60.1 Å². The van der Waals surface area contributed by atoms with Crippen LogP contribution in [-0.2, 0) is 21.1 Å². The number of likely N-dealkylation sites (tertiary alicyclic amines) is 1. The molecule has 2 aromatic heterocycles. The Kier molecular flexibility index (Phi) is 6.03. The molecule has 4 heterocycles. The molecular weight excluding hydrogens is 467 g/mol. The standard InChI is InChI=1S/C23H26ClFN4O3S/c24-17-12-20(25)22(27-14-17)28-8-6-18(7-9-28)29-10-5-16(23(29)30)11-15-1-4-21(26-13-15)33(31,32)19-2-3-19/h1,4,12-14,16,18-19H,2-3,5-11H2/t16-/m1/s1. The first-order valence-electron chi connectivity index (χ1n) is 11.4. The van der Waals surface area contributed by atoms with Gasteiger partial charge in [-0.3, -0.25) is 4.79 Å². The van der Waals surface area contributed by atoms with Crippen molar-refractivity contribution in [1.82, 2.24) is 14.9 Å². The van der Waals surface area contributed by atoms with Crippen molar-refractivity contribution in [2.75, 3.05) is 24.5 Å². The van der Waals surface area contributed by atoms with E-state index in [1.54, 1.807) is 18.3 Å². The first kappa shape index (κ1) is 22.5. The Bertz CT molecular complexity index is 1150. The number of sulfone groups is 1. The summed E-state index contributed by atoms with van der Waals surface area (Å²) < 4.78 is 38.8. The van der Waals surface area contributed by atoms with Crippen molar-refractivity contribution in [3.05, 3.63) is 47.0 Å². The number of nitrogens with zero attached hydrogens (tertiary/aromatic N) is 4. The van der Waals surface area contributed by atoms with Gasteiger partial charge in [-0.2, -0.15) is 0 Å². The van der Waals surface area contributed by atoms with Gasteiger partial charge in [0, 0.05) is 44.0 Å². The van der Waals surface area contributed by atoms with Gasteiger partial charge >= 0.3 is 0 Å². The summed E-state index contributed by atoms with van der Waals surface area (Å²) in [4.78, 5) is 25.3. The molecule has 3 fully saturated rings. The van der Waals surface area contributed by atoms with E-state index in [0.717, 1.165) is 24.8 Å². The third-order valence-electron chi connectivity index (χ3n) is 6.88. The minimum Gasteiger partial charge on any atom is -0.354 e. The van der Waals surface area contributed by atoms with E-state index in [0.29, 0.717) is 44.7 Å². The molecule has 0 bridgehead atoms. The first-order chi connectivity index (χ1) is 15.8. The molecular formula is C23H26ClFN4O3S. The predicted molar refractivity (Wildman–Crippen MR) is 122 cm³/mol. The number of rotatable bonds is 6. The number of hydrogen-bond acceptors (Lipinski definition) is 6. The van der Waals surface area contributed by atoms with Crippen LogP contribution in [0.25, 0.3) is 0 Å². The monoisotopic (exact) mass is 492 g/mol. The summed E-state index contributed by atoms with van der Waals surface area (Å²) in [6.07, 6.45) is 7.32. The molecule has 1 saturated carbocycles. The lowest BCUT2D eigenvalue weighted by molar-refractivity contribution is -0.133. The quantitative estimate of drug-likeness (QED) is 0.615. The molecule has 5 rings (SSSR count). The average molecular weight is 493 g/mol. The fourth-order valence-corrected chi connectivity index (χ4v) is 6.58. The van der Waals surface area contributed by atoms with Crippen molar-refractivity contribution in [2.45, 2.75) is 54.8 Å². The minimum atomic E-state index is -3.30. The van der Waals surface area contributed by atoms with Crippen LogP contribution in [0.3, 0.4) is 0 Å². The highest BCUT2D eigenvalue weighted by Crippen LogP contribution is 2.33. The zero-order chi connectivity index (χ0) is 23.2. The van der Waals surface area contributed by atoms with Crippen molar-refractivity contribution in [3.63, 3.8) is 0 Å². The van der Waals surface area contributed by atoms with E-state index in [2.05, 4.69) is 9.97 Å². The maximum atomic E-state index is 14.2. The van der Waals surface area contributed by atoms with Gasteiger partial charge in [0.2, 0.25) is 5.91 Å². The topological polar surface area (TPSA) is 83.5 Å². The lowest BCUT2D eigenvalue weighted by atomic mass is 9.99. The second kappa shape index (κ2) is 8.83. The number of amides is 1. The van der Waals surface area contributed by atoms with Crippen LogP contribution in [0.15, 0.2) is 35.6 Å². The van der Waals surface area contributed by atoms with Crippen LogP contribution in [0.4, 0.5) is 10.2 Å². The molecule has 10 heteroatoms. The van der Waals surface area contributed by atoms with Gasteiger partial charge in [0.05, 0.1) is 10.3 Å². The van der Waals surface area contributed by atoms with Crippen molar-refractivity contribution in [3.8, 4) is 0 Å². The molecule has 33 heavy (non-hydrogen) atoms. The summed E-state index contributed by atoms with van der Waals surface area (Å²) in [6, 6.07) is 4.76. The Morgan fingerprint density at radius 2 is 1.79 bits per heavy atom. The molecule has 1 amide bonds. The predicted octanol–water partition coefficient (Wildman–Crippen LogP) is 3.27. The number of aromatic nitrogens is 2. The largest absolute Gasteiger partial charge is 0.354 e. The fourth-order valence-electron chi connectivity index (χ4n) is 4.88. The lowest BCUT2D eigenvalue weighted by Crippen LogP contribution is -2.46. The molecule has 0 aromatic carbocycles. The Morgan fingerprint density at radius 3 is 2.42 bits per heavy atom. The van der Waals surface area contributed by atoms with Crippen LogP contribution in [0, 0.1) is 11.7 Å². The Morgan fingerprint density at radius 1 is 1.03 bits per heavy atom. The van der Waals surface area contributed by atoms with Gasteiger partial charge in [0.15, 0.2) is 26.5 Å². The second-order valence-corrected chi connectivity index (χ2v) is 11.8. The summed E-state index contributed by atoms with van der Waals surface area (Å²) in [5, 5.41) is 0.125. The van der Waals surface area contributed by atoms with Gasteiger partial charge in [-0.25, -0.2) is 22.8 Å². The highest BCUT2D eigenvalue weighted by Gasteiger charge is 2.39. The van der Waals surface area contributed by atoms with Gasteiger partial charge < -0.3 is 9.80 Å². The number of piperidine rings is 1. The molecule has 1 aliphatic carbocycles. The molecule has 2 aliphatic heterocycles. The van der Waals surface area contributed by atoms with Crippen LogP contribution < -0.4 is 4.90 Å². The average Bonchev–Trinajstić information content (AvgIpc) is 3.60. The van der Waals surface area contributed by atoms with Crippen LogP contribution in [0.1, 0.15) is 37.7 Å². The van der Waals surface area contributed by atoms with Crippen LogP contribution in [0.2, 0.25) is 5.02 Å². The van der Waals surface area contributed by atoms with E-state index in [1.807, 2.05) is 9.80 Å². The normalized spacial score (nSPS) is 22.2. The van der Waals surface area contributed by atoms with Gasteiger partial charge in [-0.1, -0.05) is 17.7 Å². The SMILES string of the molecule is O=C1[C@@H](Cc2ccc(S(=O)(=O)C3CC3)nc2)CCN1C1CCN(c2ncc(Cl)cc2F)CC1. The third-order valence-corrected chi connectivity index (χ3v) is 9.26. The van der Waals surface area contributed by atoms with Crippen molar-refractivity contribution in [2.24, 2.45) is 5.92 Å². The van der Waals surface area contributed by atoms with E-state index in [9.17, 15) is 17.6 Å². The van der Waals surface area contributed by atoms with Gasteiger partial charge in [-0.15, -0.1) is 0 Å². The number of pyridine rings is 2. The minimum absolute atomic E-state index is 0.119. The highest BCUT2D eigenvalue weighted by atomic mass is 35.5. The van der Waals surface area contributed by atoms with Crippen molar-refractivity contribution >= 4 is 33.2 Å². The third kappa shape index (κ3) is 4.57. The smallest absolute Gasteiger partial charge is 0.226 e. The maximum Gasteiger partial charge on any atom is 0.226 e. The fraction of sp³-hybridized carbons (Fsp3) is 0.522. The van der Waals surface area contributed by atoms with E-state index in [4.69, 9.17) is 11.6 Å². The Hall–Kier alpha value is -2.26. The molecule has 176 valence electrons. The zero-order valence-electron chi connectivity index (χ0n) is 18.2. The molecule has 2 aromatic rings. The highest BCUT2D eigenvalue weighted by molar-refractivity contribution is 7.92. The molecule has 2 saturated heterocycles. The Labute approximate surface area is 197 Å². The molecule has 0 unspecified atom stereocenters. The number of halogens is 2. The van der Waals surface area contributed by atoms with Crippen LogP contribution >= 0.6 is 11.6 Å². The summed E-state index contributed by atoms with van der Waals surface area (Å²) in [5.41, 5.74) is 0.879. The second-order valence-electron chi connectivity index (χ2n) is 9.15. The van der Waals surface area contributed by atoms with Crippen molar-refractivity contribution in [1.29, 1.82) is 0 Å². The van der Waals surface area contributed by atoms with Crippen molar-refractivity contribution < 1.29 is 17.6 Å². The number of carbonyl (C=O) groups excluding carboxylic acids is 1. The van der Waals surface area contributed by atoms with E-state index < -0.39 is 15.7 Å². The maximum absolute atomic E-state index is 14.2. The lowest BCUT2D eigenvalue weighted by Gasteiger charge is -2.37. The van der Waals surface area contributed by atoms with Gasteiger partial charge in [0.1, 0.15) is 0 Å². The summed E-state index contributed by atoms with van der Waals surface area (Å²) in [5.74, 6) is -0.101. The van der Waals surface area contributed by atoms with Crippen LogP contribution in [0.5, 0.6) is 0 Å². The summed E-state index contributed by atoms with van der Waals surface area (Å²) >= 11 is 5.80. The number of anilines is 1. The molecule has 3 aliphatic rings. The molecule has 0 spiro atoms. The molecule has 0 N–H and O–H groups in total. The summed E-state index contributed by atoms with van der Waals surface area (Å²) in [6.45, 7) is 1.97. The van der Waals surface area contributed by atoms with E-state index in [1.165, 1.54) is 12.3 Å². The van der Waals surface area contributed by atoms with Gasteiger partial charge in [0.25, 0.3) is 0 Å². The Balaban J connectivity index is 1.17. The molecule has 1 atom stereocenters. The zero-order valence-corrected chi connectivity index (χ0v) is 19.7. The van der Waals surface area contributed by atoms with E-state index in [-0.39, 0.29) is 33.2 Å². The number of carbonyl (C=O) groups is 1. The number of hydrogen-bond donors (Lipinski definition) is 0. The first-order valence-corrected chi connectivity index (χ1v) is 13.3. The van der Waals surface area contributed by atoms with Gasteiger partial charge in [-0.05, 0) is 56.2 Å². The van der Waals surface area contributed by atoms with E-state index >= 15 is 0 Å². The molecule has 7 nitrogen and oxygen atoms in total. The summed E-state index contributed by atoms with van der Waals surface area (Å²) in [7, 11) is -3.30. The molecule has 0 radical (unpaired) electrons.